The second kappa shape index (κ2) is 11.5. The molecule has 186 valence electrons. The standard InChI is InChI=1S/C28H30ClFO5/c1-2-33-26-11-8-20(13-25(26)30)12-22-14-21(9-10-24(22)29)27-15-23(16-28(32,18-31)35-27)34-17-19-6-4-3-5-7-19/h3-11,13-14,23,27,31-32H,2,12,15-18H2,1H3/t23-,27-,28-/m1/s1. The molecule has 2 N–H and O–H groups in total. The van der Waals surface area contributed by atoms with Crippen molar-refractivity contribution in [3.8, 4) is 5.75 Å². The zero-order valence-electron chi connectivity index (χ0n) is 19.6. The van der Waals surface area contributed by atoms with Gasteiger partial charge in [-0.15, -0.1) is 0 Å². The van der Waals surface area contributed by atoms with Crippen LogP contribution in [0.15, 0.2) is 66.7 Å². The molecule has 0 amide bonds. The van der Waals surface area contributed by atoms with E-state index in [2.05, 4.69) is 0 Å². The van der Waals surface area contributed by atoms with Crippen molar-refractivity contribution in [2.45, 2.75) is 50.8 Å². The van der Waals surface area contributed by atoms with Crippen molar-refractivity contribution in [2.75, 3.05) is 13.2 Å². The highest BCUT2D eigenvalue weighted by atomic mass is 35.5. The van der Waals surface area contributed by atoms with Crippen molar-refractivity contribution in [2.24, 2.45) is 0 Å². The summed E-state index contributed by atoms with van der Waals surface area (Å²) in [4.78, 5) is 0. The Kier molecular flexibility index (Phi) is 8.42. The van der Waals surface area contributed by atoms with E-state index in [1.807, 2.05) is 48.5 Å². The van der Waals surface area contributed by atoms with Crippen molar-refractivity contribution in [3.63, 3.8) is 0 Å². The first-order valence-corrected chi connectivity index (χ1v) is 12.1. The zero-order valence-corrected chi connectivity index (χ0v) is 20.4. The fourth-order valence-corrected chi connectivity index (χ4v) is 4.52. The number of hydrogen-bond acceptors (Lipinski definition) is 5. The molecular weight excluding hydrogens is 471 g/mol. The summed E-state index contributed by atoms with van der Waals surface area (Å²) in [7, 11) is 0. The third kappa shape index (κ3) is 6.60. The van der Waals surface area contributed by atoms with Crippen molar-refractivity contribution < 1.29 is 28.8 Å². The van der Waals surface area contributed by atoms with Gasteiger partial charge in [0, 0.05) is 17.9 Å². The van der Waals surface area contributed by atoms with Crippen LogP contribution in [0.3, 0.4) is 0 Å². The lowest BCUT2D eigenvalue weighted by atomic mass is 9.92. The number of aliphatic hydroxyl groups excluding tert-OH is 1. The van der Waals surface area contributed by atoms with Gasteiger partial charge in [-0.1, -0.05) is 60.1 Å². The third-order valence-corrected chi connectivity index (χ3v) is 6.46. The topological polar surface area (TPSA) is 68.2 Å². The molecule has 3 aromatic carbocycles. The Morgan fingerprint density at radius 3 is 2.60 bits per heavy atom. The molecule has 0 aromatic heterocycles. The van der Waals surface area contributed by atoms with Crippen molar-refractivity contribution >= 4 is 11.6 Å². The molecule has 35 heavy (non-hydrogen) atoms. The van der Waals surface area contributed by atoms with Gasteiger partial charge in [-0.2, -0.15) is 0 Å². The molecule has 1 saturated heterocycles. The molecular formula is C28H30ClFO5. The molecule has 1 aliphatic rings. The highest BCUT2D eigenvalue weighted by Gasteiger charge is 2.41. The second-order valence-electron chi connectivity index (χ2n) is 8.79. The van der Waals surface area contributed by atoms with E-state index >= 15 is 0 Å². The summed E-state index contributed by atoms with van der Waals surface area (Å²) in [6, 6.07) is 20.2. The van der Waals surface area contributed by atoms with E-state index < -0.39 is 24.3 Å². The van der Waals surface area contributed by atoms with Gasteiger partial charge in [0.05, 0.1) is 32.0 Å². The average Bonchev–Trinajstić information content (AvgIpc) is 2.86. The molecule has 0 spiro atoms. The Balaban J connectivity index is 1.51. The average molecular weight is 501 g/mol. The molecule has 5 nitrogen and oxygen atoms in total. The van der Waals surface area contributed by atoms with Crippen LogP contribution in [0.1, 0.15) is 48.1 Å². The SMILES string of the molecule is CCOc1ccc(Cc2cc([C@H]3C[C@@H](OCc4ccccc4)C[C@](O)(CO)O3)ccc2Cl)cc1F. The van der Waals surface area contributed by atoms with Crippen molar-refractivity contribution in [1.29, 1.82) is 0 Å². The maximum Gasteiger partial charge on any atom is 0.192 e. The lowest BCUT2D eigenvalue weighted by Crippen LogP contribution is -2.46. The molecule has 0 bridgehead atoms. The summed E-state index contributed by atoms with van der Waals surface area (Å²) in [6.07, 6.45) is 0.272. The normalized spacial score (nSPS) is 22.2. The summed E-state index contributed by atoms with van der Waals surface area (Å²) in [5, 5.41) is 21.2. The van der Waals surface area contributed by atoms with Crippen LogP contribution in [0.4, 0.5) is 4.39 Å². The van der Waals surface area contributed by atoms with E-state index in [1.165, 1.54) is 6.07 Å². The van der Waals surface area contributed by atoms with Crippen LogP contribution in [0.25, 0.3) is 0 Å². The quantitative estimate of drug-likeness (QED) is 0.401. The van der Waals surface area contributed by atoms with Gasteiger partial charge < -0.3 is 24.4 Å². The molecule has 7 heteroatoms. The largest absolute Gasteiger partial charge is 0.491 e. The monoisotopic (exact) mass is 500 g/mol. The molecule has 0 aliphatic carbocycles. The molecule has 0 saturated carbocycles. The summed E-state index contributed by atoms with van der Waals surface area (Å²) in [5.74, 6) is -1.90. The summed E-state index contributed by atoms with van der Waals surface area (Å²) in [5.41, 5.74) is 3.39. The first-order valence-electron chi connectivity index (χ1n) is 11.7. The van der Waals surface area contributed by atoms with E-state index in [4.69, 9.17) is 25.8 Å². The van der Waals surface area contributed by atoms with Crippen molar-refractivity contribution in [3.05, 3.63) is 99.8 Å². The van der Waals surface area contributed by atoms with Gasteiger partial charge in [0.25, 0.3) is 0 Å². The van der Waals surface area contributed by atoms with Crippen LogP contribution in [-0.2, 0) is 22.5 Å². The van der Waals surface area contributed by atoms with Crippen LogP contribution < -0.4 is 4.74 Å². The first-order chi connectivity index (χ1) is 16.9. The molecule has 0 radical (unpaired) electrons. The molecule has 3 atom stereocenters. The maximum absolute atomic E-state index is 14.3. The predicted molar refractivity (Wildman–Crippen MR) is 132 cm³/mol. The fourth-order valence-electron chi connectivity index (χ4n) is 4.34. The lowest BCUT2D eigenvalue weighted by molar-refractivity contribution is -0.293. The van der Waals surface area contributed by atoms with Crippen LogP contribution in [-0.4, -0.2) is 35.3 Å². The summed E-state index contributed by atoms with van der Waals surface area (Å²) >= 11 is 6.46. The minimum absolute atomic E-state index is 0.165. The smallest absolute Gasteiger partial charge is 0.192 e. The number of halogens is 2. The minimum atomic E-state index is -1.71. The van der Waals surface area contributed by atoms with E-state index in [0.717, 1.165) is 22.3 Å². The van der Waals surface area contributed by atoms with Crippen LogP contribution in [0.2, 0.25) is 5.02 Å². The second-order valence-corrected chi connectivity index (χ2v) is 9.20. The van der Waals surface area contributed by atoms with E-state index in [9.17, 15) is 14.6 Å². The lowest BCUT2D eigenvalue weighted by Gasteiger charge is -2.40. The number of benzene rings is 3. The number of aliphatic hydroxyl groups is 2. The number of ether oxygens (including phenoxy) is 3. The Hall–Kier alpha value is -2.48. The number of hydrogen-bond donors (Lipinski definition) is 2. The van der Waals surface area contributed by atoms with Gasteiger partial charge in [0.15, 0.2) is 17.4 Å². The molecule has 4 rings (SSSR count). The molecule has 1 aliphatic heterocycles. The summed E-state index contributed by atoms with van der Waals surface area (Å²) in [6.45, 7) is 2.05. The van der Waals surface area contributed by atoms with E-state index in [-0.39, 0.29) is 18.3 Å². The Labute approximate surface area is 210 Å². The first kappa shape index (κ1) is 25.6. The Morgan fingerprint density at radius 2 is 1.89 bits per heavy atom. The highest BCUT2D eigenvalue weighted by Crippen LogP contribution is 2.39. The van der Waals surface area contributed by atoms with Gasteiger partial charge in [-0.25, -0.2) is 4.39 Å². The van der Waals surface area contributed by atoms with Crippen LogP contribution in [0, 0.1) is 5.82 Å². The zero-order chi connectivity index (χ0) is 24.8. The van der Waals surface area contributed by atoms with Crippen LogP contribution in [0.5, 0.6) is 5.75 Å². The van der Waals surface area contributed by atoms with Gasteiger partial charge in [0.2, 0.25) is 0 Å². The van der Waals surface area contributed by atoms with Gasteiger partial charge in [-0.05, 0) is 53.8 Å². The van der Waals surface area contributed by atoms with Crippen molar-refractivity contribution in [1.82, 2.24) is 0 Å². The van der Waals surface area contributed by atoms with Gasteiger partial charge in [-0.3, -0.25) is 0 Å². The molecule has 1 heterocycles. The summed E-state index contributed by atoms with van der Waals surface area (Å²) < 4.78 is 31.6. The Bertz CT molecular complexity index is 1130. The van der Waals surface area contributed by atoms with E-state index in [1.54, 1.807) is 19.1 Å². The third-order valence-electron chi connectivity index (χ3n) is 6.09. The van der Waals surface area contributed by atoms with Gasteiger partial charge in [0.1, 0.15) is 0 Å². The highest BCUT2D eigenvalue weighted by molar-refractivity contribution is 6.31. The predicted octanol–water partition coefficient (Wildman–Crippen LogP) is 5.59. The Morgan fingerprint density at radius 1 is 1.09 bits per heavy atom. The maximum atomic E-state index is 14.3. The van der Waals surface area contributed by atoms with Crippen LogP contribution >= 0.6 is 11.6 Å². The minimum Gasteiger partial charge on any atom is -0.491 e. The fraction of sp³-hybridized carbons (Fsp3) is 0.357. The number of rotatable bonds is 9. The molecule has 1 fully saturated rings. The molecule has 3 aromatic rings. The molecule has 0 unspecified atom stereocenters. The van der Waals surface area contributed by atoms with Gasteiger partial charge >= 0.3 is 0 Å². The van der Waals surface area contributed by atoms with E-state index in [0.29, 0.717) is 31.1 Å².